The van der Waals surface area contributed by atoms with Crippen LogP contribution in [0.1, 0.15) is 38.7 Å². The van der Waals surface area contributed by atoms with Crippen molar-refractivity contribution in [1.82, 2.24) is 10.2 Å². The van der Waals surface area contributed by atoms with Crippen molar-refractivity contribution in [3.8, 4) is 17.2 Å². The summed E-state index contributed by atoms with van der Waals surface area (Å²) >= 11 is 0. The summed E-state index contributed by atoms with van der Waals surface area (Å²) in [7, 11) is 0.167. The smallest absolute Gasteiger partial charge is 0.264 e. The number of ether oxygens (including phenoxy) is 3. The minimum absolute atomic E-state index is 0.00336. The number of methoxy groups -OCH3 is 3. The molecule has 0 spiro atoms. The molecule has 0 aliphatic rings. The Labute approximate surface area is 254 Å². The number of sulfonamides is 1. The van der Waals surface area contributed by atoms with Crippen LogP contribution in [0.15, 0.2) is 77.7 Å². The van der Waals surface area contributed by atoms with Gasteiger partial charge in [0.05, 0.1) is 31.9 Å². The van der Waals surface area contributed by atoms with Gasteiger partial charge in [-0.05, 0) is 54.8 Å². The van der Waals surface area contributed by atoms with Gasteiger partial charge in [0.25, 0.3) is 10.0 Å². The van der Waals surface area contributed by atoms with E-state index in [1.165, 1.54) is 37.3 Å². The first-order valence-electron chi connectivity index (χ1n) is 14.2. The molecule has 0 fully saturated rings. The van der Waals surface area contributed by atoms with E-state index >= 15 is 0 Å². The van der Waals surface area contributed by atoms with Crippen molar-refractivity contribution in [3.05, 3.63) is 78.4 Å². The summed E-state index contributed by atoms with van der Waals surface area (Å²) in [5, 5.41) is 2.93. The van der Waals surface area contributed by atoms with E-state index in [4.69, 9.17) is 14.2 Å². The third-order valence-electron chi connectivity index (χ3n) is 6.97. The van der Waals surface area contributed by atoms with Gasteiger partial charge in [-0.15, -0.1) is 0 Å². The highest BCUT2D eigenvalue weighted by Crippen LogP contribution is 2.36. The fourth-order valence-corrected chi connectivity index (χ4v) is 6.06. The minimum Gasteiger partial charge on any atom is -0.497 e. The highest BCUT2D eigenvalue weighted by atomic mass is 32.2. The predicted molar refractivity (Wildman–Crippen MR) is 166 cm³/mol. The summed E-state index contributed by atoms with van der Waals surface area (Å²) in [6.45, 7) is 3.78. The van der Waals surface area contributed by atoms with E-state index in [2.05, 4.69) is 5.32 Å². The van der Waals surface area contributed by atoms with Crippen molar-refractivity contribution < 1.29 is 32.2 Å². The van der Waals surface area contributed by atoms with E-state index in [9.17, 15) is 18.0 Å². The maximum Gasteiger partial charge on any atom is 0.264 e. The molecule has 232 valence electrons. The number of nitrogens with one attached hydrogen (secondary N) is 1. The Bertz CT molecular complexity index is 1460. The second kappa shape index (κ2) is 15.8. The molecular weight excluding hydrogens is 570 g/mol. The Hall–Kier alpha value is -4.25. The first-order chi connectivity index (χ1) is 20.7. The molecule has 11 heteroatoms. The number of carbonyl (C=O) groups excluding carboxylic acids is 2. The minimum atomic E-state index is -4.26. The van der Waals surface area contributed by atoms with Gasteiger partial charge in [0, 0.05) is 19.2 Å². The molecule has 0 saturated carbocycles. The summed E-state index contributed by atoms with van der Waals surface area (Å²) in [5.74, 6) is 0.344. The zero-order chi connectivity index (χ0) is 31.4. The van der Waals surface area contributed by atoms with Crippen molar-refractivity contribution >= 4 is 27.5 Å². The molecule has 2 amide bonds. The third kappa shape index (κ3) is 8.41. The Kier molecular flexibility index (Phi) is 12.2. The van der Waals surface area contributed by atoms with Crippen molar-refractivity contribution in [2.24, 2.45) is 0 Å². The molecule has 3 aromatic carbocycles. The average molecular weight is 612 g/mol. The molecule has 1 atom stereocenters. The summed E-state index contributed by atoms with van der Waals surface area (Å²) in [6.07, 6.45) is 2.02. The molecule has 0 radical (unpaired) electrons. The molecule has 3 rings (SSSR count). The highest BCUT2D eigenvalue weighted by molar-refractivity contribution is 7.92. The molecule has 0 heterocycles. The first kappa shape index (κ1) is 33.3. The van der Waals surface area contributed by atoms with Crippen LogP contribution in [0.5, 0.6) is 17.2 Å². The predicted octanol–water partition coefficient (Wildman–Crippen LogP) is 4.63. The fourth-order valence-electron chi connectivity index (χ4n) is 4.62. The van der Waals surface area contributed by atoms with Gasteiger partial charge in [-0.25, -0.2) is 8.42 Å². The molecule has 0 aliphatic heterocycles. The lowest BCUT2D eigenvalue weighted by atomic mass is 10.1. The number of benzene rings is 3. The Morgan fingerprint density at radius 1 is 0.860 bits per heavy atom. The molecule has 0 saturated heterocycles. The standard InChI is InChI=1S/C32H41N3O7S/c1-6-8-19-33-32(37)28(7-2)34(22-24-13-12-14-25(20-24)40-3)31(36)23-35(43(38,39)27-15-10-9-11-16-27)29-21-26(41-4)17-18-30(29)42-5/h9-18,20-21,28H,6-8,19,22-23H2,1-5H3,(H,33,37)/t28-/m0/s1. The lowest BCUT2D eigenvalue weighted by Gasteiger charge is -2.33. The molecule has 3 aromatic rings. The van der Waals surface area contributed by atoms with Crippen molar-refractivity contribution in [2.75, 3.05) is 38.7 Å². The van der Waals surface area contributed by atoms with Gasteiger partial charge in [0.1, 0.15) is 29.8 Å². The van der Waals surface area contributed by atoms with E-state index in [1.54, 1.807) is 55.6 Å². The number of hydrogen-bond donors (Lipinski definition) is 1. The van der Waals surface area contributed by atoms with Crippen LogP contribution in [0.4, 0.5) is 5.69 Å². The molecule has 0 aromatic heterocycles. The molecule has 10 nitrogen and oxygen atoms in total. The van der Waals surface area contributed by atoms with Crippen molar-refractivity contribution in [3.63, 3.8) is 0 Å². The second-order valence-corrected chi connectivity index (χ2v) is 11.7. The second-order valence-electron chi connectivity index (χ2n) is 9.80. The summed E-state index contributed by atoms with van der Waals surface area (Å²) in [4.78, 5) is 29.1. The quantitative estimate of drug-likeness (QED) is 0.235. The number of hydrogen-bond acceptors (Lipinski definition) is 7. The van der Waals surface area contributed by atoms with Crippen LogP contribution in [0.25, 0.3) is 0 Å². The number of rotatable bonds is 16. The Balaban J connectivity index is 2.12. The number of unbranched alkanes of at least 4 members (excludes halogenated alkanes) is 1. The van der Waals surface area contributed by atoms with Gasteiger partial charge in [-0.2, -0.15) is 0 Å². The van der Waals surface area contributed by atoms with Gasteiger partial charge in [0.15, 0.2) is 0 Å². The maximum absolute atomic E-state index is 14.3. The van der Waals surface area contributed by atoms with Gasteiger partial charge in [-0.1, -0.05) is 50.6 Å². The van der Waals surface area contributed by atoms with Crippen LogP contribution in [0.3, 0.4) is 0 Å². The lowest BCUT2D eigenvalue weighted by molar-refractivity contribution is -0.140. The molecule has 1 N–H and O–H groups in total. The number of amides is 2. The lowest BCUT2D eigenvalue weighted by Crippen LogP contribution is -2.52. The Morgan fingerprint density at radius 3 is 2.19 bits per heavy atom. The molecular formula is C32H41N3O7S. The monoisotopic (exact) mass is 611 g/mol. The number of nitrogens with zero attached hydrogens (tertiary/aromatic N) is 2. The number of anilines is 1. The normalized spacial score (nSPS) is 11.7. The van der Waals surface area contributed by atoms with E-state index in [1.807, 2.05) is 19.9 Å². The molecule has 0 unspecified atom stereocenters. The third-order valence-corrected chi connectivity index (χ3v) is 8.74. The van der Waals surface area contributed by atoms with Crippen LogP contribution in [-0.2, 0) is 26.2 Å². The van der Waals surface area contributed by atoms with E-state index in [0.717, 1.165) is 22.7 Å². The van der Waals surface area contributed by atoms with Crippen LogP contribution in [-0.4, -0.2) is 65.6 Å². The largest absolute Gasteiger partial charge is 0.497 e. The van der Waals surface area contributed by atoms with Crippen molar-refractivity contribution in [1.29, 1.82) is 0 Å². The van der Waals surface area contributed by atoms with Crippen LogP contribution in [0.2, 0.25) is 0 Å². The summed E-state index contributed by atoms with van der Waals surface area (Å²) in [5.41, 5.74) is 0.852. The number of carbonyl (C=O) groups is 2. The highest BCUT2D eigenvalue weighted by Gasteiger charge is 2.35. The fraction of sp³-hybridized carbons (Fsp3) is 0.375. The van der Waals surface area contributed by atoms with E-state index in [0.29, 0.717) is 24.5 Å². The maximum atomic E-state index is 14.3. The summed E-state index contributed by atoms with van der Waals surface area (Å²) in [6, 6.07) is 18.9. The van der Waals surface area contributed by atoms with E-state index < -0.39 is 28.5 Å². The topological polar surface area (TPSA) is 114 Å². The van der Waals surface area contributed by atoms with Gasteiger partial charge in [0.2, 0.25) is 11.8 Å². The van der Waals surface area contributed by atoms with Gasteiger partial charge < -0.3 is 24.4 Å². The van der Waals surface area contributed by atoms with Crippen LogP contribution < -0.4 is 23.8 Å². The molecule has 0 bridgehead atoms. The Morgan fingerprint density at radius 2 is 1.56 bits per heavy atom. The van der Waals surface area contributed by atoms with Gasteiger partial charge >= 0.3 is 0 Å². The first-order valence-corrected chi connectivity index (χ1v) is 15.6. The molecule has 43 heavy (non-hydrogen) atoms. The zero-order valence-corrected chi connectivity index (χ0v) is 26.2. The zero-order valence-electron chi connectivity index (χ0n) is 25.4. The molecule has 0 aliphatic carbocycles. The SMILES string of the molecule is CCCCNC(=O)[C@H](CC)N(Cc1cccc(OC)c1)C(=O)CN(c1cc(OC)ccc1OC)S(=O)(=O)c1ccccc1. The van der Waals surface area contributed by atoms with E-state index in [-0.39, 0.29) is 28.8 Å². The van der Waals surface area contributed by atoms with Crippen molar-refractivity contribution in [2.45, 2.75) is 50.6 Å². The summed E-state index contributed by atoms with van der Waals surface area (Å²) < 4.78 is 45.5. The van der Waals surface area contributed by atoms with Crippen LogP contribution in [0, 0.1) is 0 Å². The van der Waals surface area contributed by atoms with Gasteiger partial charge in [-0.3, -0.25) is 13.9 Å². The van der Waals surface area contributed by atoms with Crippen LogP contribution >= 0.6 is 0 Å². The average Bonchev–Trinajstić information content (AvgIpc) is 3.03.